The highest BCUT2D eigenvalue weighted by Gasteiger charge is 2.15. The number of fused-ring (bicyclic) bond motifs is 1. The number of carbonyl (C=O) groups excluding carboxylic acids is 2. The van der Waals surface area contributed by atoms with Crippen LogP contribution in [0, 0.1) is 13.8 Å². The molecule has 0 saturated carbocycles. The van der Waals surface area contributed by atoms with Gasteiger partial charge in [-0.1, -0.05) is 11.8 Å². The van der Waals surface area contributed by atoms with Crippen molar-refractivity contribution < 1.29 is 9.59 Å². The molecule has 3 aromatic rings. The highest BCUT2D eigenvalue weighted by molar-refractivity contribution is 7.99. The zero-order valence-corrected chi connectivity index (χ0v) is 17.1. The van der Waals surface area contributed by atoms with Gasteiger partial charge >= 0.3 is 0 Å². The standard InChI is InChI=1S/C19H19N3O3S2/c1-10-12(3)27-17-16(10)18(25)22(4)19(21-17)26-9-15(24)20-14-7-5-13(6-8-14)11(2)23/h5-8H,9H2,1-4H3,(H,20,24). The minimum absolute atomic E-state index is 0.0233. The van der Waals surface area contributed by atoms with Crippen LogP contribution in [0.5, 0.6) is 0 Å². The summed E-state index contributed by atoms with van der Waals surface area (Å²) in [7, 11) is 1.67. The fourth-order valence-electron chi connectivity index (χ4n) is 2.60. The van der Waals surface area contributed by atoms with E-state index in [0.29, 0.717) is 26.6 Å². The lowest BCUT2D eigenvalue weighted by molar-refractivity contribution is -0.113. The molecule has 0 aliphatic carbocycles. The van der Waals surface area contributed by atoms with Crippen LogP contribution in [-0.4, -0.2) is 27.0 Å². The fraction of sp³-hybridized carbons (Fsp3) is 0.263. The van der Waals surface area contributed by atoms with Crippen molar-refractivity contribution >= 4 is 50.7 Å². The molecule has 27 heavy (non-hydrogen) atoms. The lowest BCUT2D eigenvalue weighted by atomic mass is 10.1. The number of thioether (sulfide) groups is 1. The van der Waals surface area contributed by atoms with Crippen LogP contribution in [0.3, 0.4) is 0 Å². The Bertz CT molecular complexity index is 1100. The molecule has 3 rings (SSSR count). The topological polar surface area (TPSA) is 81.1 Å². The Morgan fingerprint density at radius 2 is 1.89 bits per heavy atom. The average Bonchev–Trinajstić information content (AvgIpc) is 2.91. The number of rotatable bonds is 5. The van der Waals surface area contributed by atoms with Crippen molar-refractivity contribution in [1.82, 2.24) is 9.55 Å². The van der Waals surface area contributed by atoms with Crippen LogP contribution in [0.2, 0.25) is 0 Å². The number of anilines is 1. The third-order valence-corrected chi connectivity index (χ3v) is 6.41. The Morgan fingerprint density at radius 3 is 2.52 bits per heavy atom. The maximum absolute atomic E-state index is 12.6. The molecule has 1 amide bonds. The van der Waals surface area contributed by atoms with Gasteiger partial charge in [0.2, 0.25) is 5.91 Å². The van der Waals surface area contributed by atoms with E-state index in [0.717, 1.165) is 10.4 Å². The number of nitrogens with zero attached hydrogens (tertiary/aromatic N) is 2. The second-order valence-electron chi connectivity index (χ2n) is 6.19. The van der Waals surface area contributed by atoms with E-state index in [4.69, 9.17) is 0 Å². The molecule has 140 valence electrons. The van der Waals surface area contributed by atoms with Gasteiger partial charge in [0.25, 0.3) is 5.56 Å². The SMILES string of the molecule is CC(=O)c1ccc(NC(=O)CSc2nc3sc(C)c(C)c3c(=O)n2C)cc1. The third-order valence-electron chi connectivity index (χ3n) is 4.28. The number of benzene rings is 1. The molecule has 0 aliphatic heterocycles. The molecule has 8 heteroatoms. The number of aromatic nitrogens is 2. The molecule has 0 atom stereocenters. The molecule has 0 spiro atoms. The van der Waals surface area contributed by atoms with Crippen molar-refractivity contribution in [2.24, 2.45) is 7.05 Å². The maximum atomic E-state index is 12.6. The van der Waals surface area contributed by atoms with Gasteiger partial charge in [-0.15, -0.1) is 11.3 Å². The summed E-state index contributed by atoms with van der Waals surface area (Å²) in [6, 6.07) is 6.73. The number of amides is 1. The summed E-state index contributed by atoms with van der Waals surface area (Å²) in [5.41, 5.74) is 2.08. The second kappa shape index (κ2) is 7.66. The normalized spacial score (nSPS) is 11.0. The van der Waals surface area contributed by atoms with E-state index >= 15 is 0 Å². The smallest absolute Gasteiger partial charge is 0.262 e. The number of nitrogens with one attached hydrogen (secondary N) is 1. The molecule has 2 heterocycles. The van der Waals surface area contributed by atoms with Gasteiger partial charge in [-0.25, -0.2) is 4.98 Å². The van der Waals surface area contributed by atoms with Gasteiger partial charge < -0.3 is 5.32 Å². The van der Waals surface area contributed by atoms with Crippen molar-refractivity contribution in [3.63, 3.8) is 0 Å². The summed E-state index contributed by atoms with van der Waals surface area (Å²) < 4.78 is 1.49. The first kappa shape index (κ1) is 19.3. The van der Waals surface area contributed by atoms with E-state index in [-0.39, 0.29) is 23.0 Å². The highest BCUT2D eigenvalue weighted by atomic mass is 32.2. The van der Waals surface area contributed by atoms with Crippen LogP contribution in [0.25, 0.3) is 10.2 Å². The van der Waals surface area contributed by atoms with Gasteiger partial charge in [0, 0.05) is 23.2 Å². The zero-order valence-electron chi connectivity index (χ0n) is 15.5. The van der Waals surface area contributed by atoms with Gasteiger partial charge in [-0.05, 0) is 50.6 Å². The molecule has 2 aromatic heterocycles. The second-order valence-corrected chi connectivity index (χ2v) is 8.34. The van der Waals surface area contributed by atoms with E-state index in [1.807, 2.05) is 13.8 Å². The number of hydrogen-bond acceptors (Lipinski definition) is 6. The van der Waals surface area contributed by atoms with Gasteiger partial charge in [-0.3, -0.25) is 19.0 Å². The Labute approximate surface area is 164 Å². The van der Waals surface area contributed by atoms with Crippen LogP contribution < -0.4 is 10.9 Å². The summed E-state index contributed by atoms with van der Waals surface area (Å²) in [6.07, 6.45) is 0. The number of ketones is 1. The van der Waals surface area contributed by atoms with E-state index < -0.39 is 0 Å². The molecule has 0 bridgehead atoms. The number of carbonyl (C=O) groups is 2. The van der Waals surface area contributed by atoms with Crippen molar-refractivity contribution in [2.45, 2.75) is 25.9 Å². The molecule has 0 saturated heterocycles. The van der Waals surface area contributed by atoms with Gasteiger partial charge in [0.1, 0.15) is 4.83 Å². The first-order valence-electron chi connectivity index (χ1n) is 8.28. The predicted molar refractivity (Wildman–Crippen MR) is 110 cm³/mol. The summed E-state index contributed by atoms with van der Waals surface area (Å²) in [6.45, 7) is 5.39. The monoisotopic (exact) mass is 401 g/mol. The zero-order chi connectivity index (χ0) is 19.7. The minimum Gasteiger partial charge on any atom is -0.325 e. The van der Waals surface area contributed by atoms with E-state index in [2.05, 4.69) is 10.3 Å². The number of thiophene rings is 1. The first-order chi connectivity index (χ1) is 12.8. The van der Waals surface area contributed by atoms with Gasteiger partial charge in [0.05, 0.1) is 11.1 Å². The van der Waals surface area contributed by atoms with Crippen LogP contribution >= 0.6 is 23.1 Å². The van der Waals surface area contributed by atoms with E-state index in [1.54, 1.807) is 31.3 Å². The summed E-state index contributed by atoms with van der Waals surface area (Å²) >= 11 is 2.71. The summed E-state index contributed by atoms with van der Waals surface area (Å²) in [5.74, 6) is -0.0998. The Balaban J connectivity index is 1.72. The van der Waals surface area contributed by atoms with Crippen LogP contribution in [0.15, 0.2) is 34.2 Å². The summed E-state index contributed by atoms with van der Waals surface area (Å²) in [4.78, 5) is 42.4. The van der Waals surface area contributed by atoms with E-state index in [1.165, 1.54) is 34.6 Å². The van der Waals surface area contributed by atoms with Crippen molar-refractivity contribution in [2.75, 3.05) is 11.1 Å². The van der Waals surface area contributed by atoms with Crippen LogP contribution in [0.1, 0.15) is 27.7 Å². The molecule has 0 unspecified atom stereocenters. The number of hydrogen-bond donors (Lipinski definition) is 1. The lowest BCUT2D eigenvalue weighted by Crippen LogP contribution is -2.21. The third kappa shape index (κ3) is 3.96. The van der Waals surface area contributed by atoms with Crippen molar-refractivity contribution in [3.05, 3.63) is 50.6 Å². The minimum atomic E-state index is -0.205. The Hall–Kier alpha value is -2.45. The number of Topliss-reactive ketones (excluding diaryl/α,β-unsaturated/α-hetero) is 1. The van der Waals surface area contributed by atoms with Gasteiger partial charge in [-0.2, -0.15) is 0 Å². The molecule has 6 nitrogen and oxygen atoms in total. The number of aryl methyl sites for hydroxylation is 2. The summed E-state index contributed by atoms with van der Waals surface area (Å²) in [5, 5.41) is 3.94. The average molecular weight is 402 g/mol. The molecule has 0 radical (unpaired) electrons. The highest BCUT2D eigenvalue weighted by Crippen LogP contribution is 2.28. The largest absolute Gasteiger partial charge is 0.325 e. The first-order valence-corrected chi connectivity index (χ1v) is 10.1. The molecule has 1 aromatic carbocycles. The van der Waals surface area contributed by atoms with Crippen LogP contribution in [0.4, 0.5) is 5.69 Å². The molecule has 0 fully saturated rings. The maximum Gasteiger partial charge on any atom is 0.262 e. The molecular formula is C19H19N3O3S2. The molecular weight excluding hydrogens is 382 g/mol. The van der Waals surface area contributed by atoms with Crippen molar-refractivity contribution in [3.8, 4) is 0 Å². The van der Waals surface area contributed by atoms with E-state index in [9.17, 15) is 14.4 Å². The van der Waals surface area contributed by atoms with Gasteiger partial charge in [0.15, 0.2) is 10.9 Å². The Kier molecular flexibility index (Phi) is 5.48. The molecule has 0 aliphatic rings. The molecule has 1 N–H and O–H groups in total. The fourth-order valence-corrected chi connectivity index (χ4v) is 4.44. The quantitative estimate of drug-likeness (QED) is 0.402. The van der Waals surface area contributed by atoms with Crippen LogP contribution in [-0.2, 0) is 11.8 Å². The lowest BCUT2D eigenvalue weighted by Gasteiger charge is -2.08. The Morgan fingerprint density at radius 1 is 1.22 bits per heavy atom. The predicted octanol–water partition coefficient (Wildman–Crippen LogP) is 3.55. The van der Waals surface area contributed by atoms with Crippen molar-refractivity contribution in [1.29, 1.82) is 0 Å².